The summed E-state index contributed by atoms with van der Waals surface area (Å²) < 4.78 is 1.85. The van der Waals surface area contributed by atoms with Crippen LogP contribution in [0.1, 0.15) is 25.3 Å². The number of anilines is 1. The molecule has 0 atom stereocenters. The third-order valence-electron chi connectivity index (χ3n) is 5.50. The summed E-state index contributed by atoms with van der Waals surface area (Å²) in [7, 11) is 0. The molecule has 8 heteroatoms. The third kappa shape index (κ3) is 5.93. The smallest absolute Gasteiger partial charge is 0.317 e. The van der Waals surface area contributed by atoms with E-state index in [2.05, 4.69) is 15.6 Å². The number of carbonyl (C=O) groups excluding carboxylic acids is 2. The van der Waals surface area contributed by atoms with Gasteiger partial charge in [0.05, 0.1) is 5.69 Å². The summed E-state index contributed by atoms with van der Waals surface area (Å²) >= 11 is 6.03. The Morgan fingerprint density at radius 2 is 1.94 bits per heavy atom. The number of amides is 3. The molecule has 172 valence electrons. The number of nitrogens with zero attached hydrogens (tertiary/aromatic N) is 3. The zero-order chi connectivity index (χ0) is 23.4. The van der Waals surface area contributed by atoms with E-state index in [1.807, 2.05) is 73.1 Å². The summed E-state index contributed by atoms with van der Waals surface area (Å²) in [5.41, 5.74) is 3.58. The van der Waals surface area contributed by atoms with Crippen LogP contribution in [0.5, 0.6) is 0 Å². The average Bonchev–Trinajstić information content (AvgIpc) is 3.51. The van der Waals surface area contributed by atoms with Gasteiger partial charge in [-0.1, -0.05) is 35.9 Å². The standard InChI is InChI=1S/C25H28ClN5O2/c1-3-27-25(33)30(14-18-7-8-18)16-23(32)29-24-28-22(19-9-11-20(26)12-10-19)15-31(24)21-6-4-5-17(2)13-21/h4-6,9-13,15,18H,3,7-8,14,16H2,1-2H3,(H,27,33)(H,28,29,32). The van der Waals surface area contributed by atoms with Crippen LogP contribution in [-0.2, 0) is 4.79 Å². The lowest BCUT2D eigenvalue weighted by Crippen LogP contribution is -2.45. The van der Waals surface area contributed by atoms with Gasteiger partial charge in [0.25, 0.3) is 0 Å². The van der Waals surface area contributed by atoms with Crippen molar-refractivity contribution in [3.05, 3.63) is 65.3 Å². The van der Waals surface area contributed by atoms with Gasteiger partial charge < -0.3 is 10.2 Å². The van der Waals surface area contributed by atoms with E-state index in [1.54, 1.807) is 4.90 Å². The predicted molar refractivity (Wildman–Crippen MR) is 131 cm³/mol. The molecule has 2 aromatic carbocycles. The SMILES string of the molecule is CCNC(=O)N(CC(=O)Nc1nc(-c2ccc(Cl)cc2)cn1-c1cccc(C)c1)CC1CC1. The zero-order valence-electron chi connectivity index (χ0n) is 18.8. The van der Waals surface area contributed by atoms with Gasteiger partial charge in [-0.25, -0.2) is 9.78 Å². The Balaban J connectivity index is 1.60. The maximum absolute atomic E-state index is 13.0. The van der Waals surface area contributed by atoms with Gasteiger partial charge >= 0.3 is 6.03 Å². The van der Waals surface area contributed by atoms with Crippen molar-refractivity contribution in [2.45, 2.75) is 26.7 Å². The molecule has 0 saturated heterocycles. The molecule has 1 fully saturated rings. The molecule has 1 aliphatic rings. The molecule has 1 saturated carbocycles. The first-order valence-electron chi connectivity index (χ1n) is 11.2. The fraction of sp³-hybridized carbons (Fsp3) is 0.320. The maximum Gasteiger partial charge on any atom is 0.317 e. The summed E-state index contributed by atoms with van der Waals surface area (Å²) in [6.07, 6.45) is 4.08. The number of urea groups is 1. The highest BCUT2D eigenvalue weighted by Crippen LogP contribution is 2.30. The van der Waals surface area contributed by atoms with Gasteiger partial charge in [0, 0.05) is 35.6 Å². The van der Waals surface area contributed by atoms with Crippen LogP contribution in [0.4, 0.5) is 10.7 Å². The van der Waals surface area contributed by atoms with Crippen molar-refractivity contribution in [2.75, 3.05) is 25.0 Å². The molecule has 1 aromatic heterocycles. The molecule has 0 radical (unpaired) electrons. The molecular weight excluding hydrogens is 438 g/mol. The molecule has 33 heavy (non-hydrogen) atoms. The number of halogens is 1. The lowest BCUT2D eigenvalue weighted by atomic mass is 10.2. The fourth-order valence-corrected chi connectivity index (χ4v) is 3.76. The van der Waals surface area contributed by atoms with E-state index in [1.165, 1.54) is 0 Å². The third-order valence-corrected chi connectivity index (χ3v) is 5.75. The van der Waals surface area contributed by atoms with Gasteiger partial charge in [-0.2, -0.15) is 0 Å². The summed E-state index contributed by atoms with van der Waals surface area (Å²) in [5, 5.41) is 6.36. The molecule has 3 amide bonds. The molecular formula is C25H28ClN5O2. The topological polar surface area (TPSA) is 79.3 Å². The molecule has 1 aliphatic carbocycles. The Morgan fingerprint density at radius 1 is 1.18 bits per heavy atom. The van der Waals surface area contributed by atoms with Crippen molar-refractivity contribution in [1.29, 1.82) is 0 Å². The Labute approximate surface area is 198 Å². The Hall–Kier alpha value is -3.32. The van der Waals surface area contributed by atoms with Gasteiger partial charge in [-0.3, -0.25) is 14.7 Å². The van der Waals surface area contributed by atoms with Crippen molar-refractivity contribution >= 4 is 29.5 Å². The van der Waals surface area contributed by atoms with E-state index in [4.69, 9.17) is 11.6 Å². The first-order chi connectivity index (χ1) is 15.9. The number of benzene rings is 2. The summed E-state index contributed by atoms with van der Waals surface area (Å²) in [4.78, 5) is 31.7. The number of imidazole rings is 1. The van der Waals surface area contributed by atoms with Crippen molar-refractivity contribution in [2.24, 2.45) is 5.92 Å². The molecule has 0 bridgehead atoms. The first kappa shape index (κ1) is 22.9. The van der Waals surface area contributed by atoms with Crippen LogP contribution in [0, 0.1) is 12.8 Å². The van der Waals surface area contributed by atoms with Crippen LogP contribution in [0.25, 0.3) is 16.9 Å². The van der Waals surface area contributed by atoms with E-state index in [-0.39, 0.29) is 18.5 Å². The minimum atomic E-state index is -0.288. The first-order valence-corrected chi connectivity index (χ1v) is 11.6. The molecule has 0 unspecified atom stereocenters. The number of hydrogen-bond donors (Lipinski definition) is 2. The van der Waals surface area contributed by atoms with Gasteiger partial charge in [0.15, 0.2) is 0 Å². The molecule has 0 aliphatic heterocycles. The average molecular weight is 466 g/mol. The molecule has 2 N–H and O–H groups in total. The largest absolute Gasteiger partial charge is 0.338 e. The van der Waals surface area contributed by atoms with Gasteiger partial charge in [-0.05, 0) is 62.4 Å². The number of aryl methyl sites for hydroxylation is 1. The highest BCUT2D eigenvalue weighted by atomic mass is 35.5. The maximum atomic E-state index is 13.0. The minimum Gasteiger partial charge on any atom is -0.338 e. The van der Waals surface area contributed by atoms with E-state index in [0.717, 1.165) is 29.7 Å². The fourth-order valence-electron chi connectivity index (χ4n) is 3.63. The van der Waals surface area contributed by atoms with Gasteiger partial charge in [0.1, 0.15) is 6.54 Å². The monoisotopic (exact) mass is 465 g/mol. The van der Waals surface area contributed by atoms with Crippen molar-refractivity contribution in [3.63, 3.8) is 0 Å². The summed E-state index contributed by atoms with van der Waals surface area (Å²) in [6.45, 7) is 4.95. The molecule has 0 spiro atoms. The van der Waals surface area contributed by atoms with Gasteiger partial charge in [0.2, 0.25) is 11.9 Å². The second-order valence-electron chi connectivity index (χ2n) is 8.37. The Kier molecular flexibility index (Phi) is 6.99. The van der Waals surface area contributed by atoms with E-state index < -0.39 is 0 Å². The van der Waals surface area contributed by atoms with E-state index >= 15 is 0 Å². The lowest BCUT2D eigenvalue weighted by molar-refractivity contribution is -0.116. The van der Waals surface area contributed by atoms with Crippen LogP contribution in [0.2, 0.25) is 5.02 Å². The number of nitrogens with one attached hydrogen (secondary N) is 2. The van der Waals surface area contributed by atoms with Gasteiger partial charge in [-0.15, -0.1) is 0 Å². The van der Waals surface area contributed by atoms with Crippen LogP contribution in [0.15, 0.2) is 54.7 Å². The summed E-state index contributed by atoms with van der Waals surface area (Å²) in [5.74, 6) is 0.591. The minimum absolute atomic E-state index is 0.0285. The second kappa shape index (κ2) is 10.1. The quantitative estimate of drug-likeness (QED) is 0.497. The van der Waals surface area contributed by atoms with E-state index in [9.17, 15) is 9.59 Å². The van der Waals surface area contributed by atoms with Crippen LogP contribution in [-0.4, -0.2) is 46.0 Å². The Bertz CT molecular complexity index is 1140. The number of carbonyl (C=O) groups is 2. The second-order valence-corrected chi connectivity index (χ2v) is 8.81. The number of hydrogen-bond acceptors (Lipinski definition) is 3. The summed E-state index contributed by atoms with van der Waals surface area (Å²) in [6, 6.07) is 15.1. The molecule has 1 heterocycles. The Morgan fingerprint density at radius 3 is 2.61 bits per heavy atom. The van der Waals surface area contributed by atoms with Crippen LogP contribution in [0.3, 0.4) is 0 Å². The van der Waals surface area contributed by atoms with Crippen molar-refractivity contribution in [1.82, 2.24) is 19.8 Å². The van der Waals surface area contributed by atoms with E-state index in [0.29, 0.717) is 35.7 Å². The predicted octanol–water partition coefficient (Wildman–Crippen LogP) is 4.88. The highest BCUT2D eigenvalue weighted by molar-refractivity contribution is 6.30. The lowest BCUT2D eigenvalue weighted by Gasteiger charge is -2.22. The van der Waals surface area contributed by atoms with Crippen molar-refractivity contribution < 1.29 is 9.59 Å². The van der Waals surface area contributed by atoms with Crippen LogP contribution < -0.4 is 10.6 Å². The normalized spacial score (nSPS) is 12.9. The zero-order valence-corrected chi connectivity index (χ0v) is 19.6. The number of aromatic nitrogens is 2. The highest BCUT2D eigenvalue weighted by Gasteiger charge is 2.28. The molecule has 4 rings (SSSR count). The molecule has 3 aromatic rings. The van der Waals surface area contributed by atoms with Crippen molar-refractivity contribution in [3.8, 4) is 16.9 Å². The molecule has 7 nitrogen and oxygen atoms in total. The van der Waals surface area contributed by atoms with Crippen LogP contribution >= 0.6 is 11.6 Å². The number of rotatable bonds is 8.